The number of unbranched alkanes of at least 4 members (excludes halogenated alkanes) is 1. The van der Waals surface area contributed by atoms with Crippen molar-refractivity contribution in [1.29, 1.82) is 0 Å². The molecule has 0 aliphatic rings. The van der Waals surface area contributed by atoms with Crippen LogP contribution in [0.4, 0.5) is 13.2 Å². The Kier molecular flexibility index (Phi) is 7.17. The molecule has 31 heavy (non-hydrogen) atoms. The Morgan fingerprint density at radius 1 is 1.13 bits per heavy atom. The molecule has 1 heterocycles. The second-order valence-corrected chi connectivity index (χ2v) is 7.26. The van der Waals surface area contributed by atoms with Gasteiger partial charge >= 0.3 is 12.1 Å². The van der Waals surface area contributed by atoms with E-state index in [4.69, 9.17) is 0 Å². The zero-order chi connectivity index (χ0) is 22.4. The summed E-state index contributed by atoms with van der Waals surface area (Å²) in [4.78, 5) is 26.8. The minimum Gasteiger partial charge on any atom is -0.406 e. The third kappa shape index (κ3) is 6.21. The van der Waals surface area contributed by atoms with Crippen molar-refractivity contribution in [2.75, 3.05) is 13.1 Å². The number of alkyl halides is 3. The number of nitrogens with one attached hydrogen (secondary N) is 2. The van der Waals surface area contributed by atoms with Gasteiger partial charge in [-0.15, -0.1) is 13.2 Å². The topological polar surface area (TPSA) is 76.1 Å². The van der Waals surface area contributed by atoms with E-state index >= 15 is 0 Å². The van der Waals surface area contributed by atoms with Crippen LogP contribution in [0.5, 0.6) is 5.75 Å². The van der Waals surface area contributed by atoms with Gasteiger partial charge in [0.15, 0.2) is 5.78 Å². The van der Waals surface area contributed by atoms with E-state index in [0.717, 1.165) is 6.42 Å². The number of para-hydroxylation sites is 1. The fourth-order valence-corrected chi connectivity index (χ4v) is 3.36. The van der Waals surface area contributed by atoms with E-state index in [0.29, 0.717) is 54.5 Å². The molecule has 0 amide bonds. The molecule has 9 heteroatoms. The standard InChI is InChI=1S/C22H24F3N3O3/c1-28-18-14-16(9-10-17(18)27-21(28)30)19(29)7-4-5-12-26-13-11-15-6-2-3-8-20(15)31-22(23,24)25/h2-3,6,8-10,14,26H,4-5,7,11-13H2,1H3,(H,27,30). The van der Waals surface area contributed by atoms with Gasteiger partial charge < -0.3 is 15.0 Å². The number of carbonyl (C=O) groups excluding carboxylic acids is 1. The number of benzene rings is 2. The Balaban J connectivity index is 1.39. The highest BCUT2D eigenvalue weighted by Gasteiger charge is 2.31. The van der Waals surface area contributed by atoms with Crippen LogP contribution >= 0.6 is 0 Å². The summed E-state index contributed by atoms with van der Waals surface area (Å²) in [5.41, 5.74) is 2.20. The van der Waals surface area contributed by atoms with Gasteiger partial charge in [0.2, 0.25) is 0 Å². The number of nitrogens with zero attached hydrogens (tertiary/aromatic N) is 1. The second kappa shape index (κ2) is 9.82. The van der Waals surface area contributed by atoms with Crippen LogP contribution in [0.3, 0.4) is 0 Å². The minimum atomic E-state index is -4.71. The summed E-state index contributed by atoms with van der Waals surface area (Å²) in [7, 11) is 1.65. The molecule has 6 nitrogen and oxygen atoms in total. The molecule has 0 unspecified atom stereocenters. The number of hydrogen-bond acceptors (Lipinski definition) is 4. The highest BCUT2D eigenvalue weighted by Crippen LogP contribution is 2.26. The molecule has 0 radical (unpaired) electrons. The highest BCUT2D eigenvalue weighted by molar-refractivity contribution is 5.98. The molecule has 0 saturated carbocycles. The first-order chi connectivity index (χ1) is 14.7. The van der Waals surface area contributed by atoms with Crippen LogP contribution < -0.4 is 15.7 Å². The Morgan fingerprint density at radius 2 is 1.90 bits per heavy atom. The van der Waals surface area contributed by atoms with Gasteiger partial charge in [-0.3, -0.25) is 9.36 Å². The first-order valence-corrected chi connectivity index (χ1v) is 10.0. The van der Waals surface area contributed by atoms with E-state index in [1.165, 1.54) is 16.7 Å². The Hall–Kier alpha value is -3.07. The van der Waals surface area contributed by atoms with E-state index in [9.17, 15) is 22.8 Å². The molecule has 166 valence electrons. The van der Waals surface area contributed by atoms with Crippen LogP contribution in [0, 0.1) is 0 Å². The lowest BCUT2D eigenvalue weighted by Crippen LogP contribution is -2.21. The monoisotopic (exact) mass is 435 g/mol. The number of imidazole rings is 1. The molecular weight excluding hydrogens is 411 g/mol. The molecule has 0 bridgehead atoms. The van der Waals surface area contributed by atoms with Crippen molar-refractivity contribution in [2.24, 2.45) is 7.05 Å². The van der Waals surface area contributed by atoms with E-state index in [1.807, 2.05) is 0 Å². The maximum atomic E-state index is 12.5. The maximum Gasteiger partial charge on any atom is 0.573 e. The number of halogens is 3. The van der Waals surface area contributed by atoms with Crippen molar-refractivity contribution in [3.63, 3.8) is 0 Å². The van der Waals surface area contributed by atoms with Gasteiger partial charge in [-0.05, 0) is 62.2 Å². The number of hydrogen-bond donors (Lipinski definition) is 2. The molecule has 0 spiro atoms. The Morgan fingerprint density at radius 3 is 2.68 bits per heavy atom. The normalized spacial score (nSPS) is 11.7. The summed E-state index contributed by atoms with van der Waals surface area (Å²) in [6.45, 7) is 1.16. The average molecular weight is 435 g/mol. The number of carbonyl (C=O) groups is 1. The van der Waals surface area contributed by atoms with Crippen LogP contribution in [0.1, 0.15) is 35.2 Å². The third-order valence-electron chi connectivity index (χ3n) is 5.00. The molecule has 0 atom stereocenters. The number of fused-ring (bicyclic) bond motifs is 1. The first-order valence-electron chi connectivity index (χ1n) is 10.0. The van der Waals surface area contributed by atoms with Crippen molar-refractivity contribution in [3.05, 3.63) is 64.1 Å². The minimum absolute atomic E-state index is 0.00813. The molecule has 2 N–H and O–H groups in total. The lowest BCUT2D eigenvalue weighted by atomic mass is 10.0. The number of aromatic nitrogens is 2. The van der Waals surface area contributed by atoms with Crippen molar-refractivity contribution < 1.29 is 22.7 Å². The smallest absolute Gasteiger partial charge is 0.406 e. The van der Waals surface area contributed by atoms with Crippen LogP contribution in [0.25, 0.3) is 11.0 Å². The number of rotatable bonds is 10. The lowest BCUT2D eigenvalue weighted by molar-refractivity contribution is -0.274. The van der Waals surface area contributed by atoms with E-state index in [1.54, 1.807) is 37.4 Å². The number of ether oxygens (including phenoxy) is 1. The second-order valence-electron chi connectivity index (χ2n) is 7.26. The maximum absolute atomic E-state index is 12.5. The number of H-pyrrole nitrogens is 1. The van der Waals surface area contributed by atoms with Gasteiger partial charge in [-0.1, -0.05) is 18.2 Å². The summed E-state index contributed by atoms with van der Waals surface area (Å²) in [5.74, 6) is -0.173. The average Bonchev–Trinajstić information content (AvgIpc) is 3.00. The molecule has 0 fully saturated rings. The van der Waals surface area contributed by atoms with Crippen molar-refractivity contribution in [2.45, 2.75) is 32.0 Å². The van der Waals surface area contributed by atoms with Gasteiger partial charge in [0, 0.05) is 19.0 Å². The first kappa shape index (κ1) is 22.6. The fraction of sp³-hybridized carbons (Fsp3) is 0.364. The molecule has 0 aliphatic carbocycles. The van der Waals surface area contributed by atoms with Crippen LogP contribution in [-0.2, 0) is 13.5 Å². The van der Waals surface area contributed by atoms with E-state index in [-0.39, 0.29) is 17.2 Å². The van der Waals surface area contributed by atoms with Crippen molar-refractivity contribution in [3.8, 4) is 5.75 Å². The Bertz CT molecular complexity index is 1100. The predicted molar refractivity (Wildman–Crippen MR) is 111 cm³/mol. The summed E-state index contributed by atoms with van der Waals surface area (Å²) >= 11 is 0. The zero-order valence-corrected chi connectivity index (χ0v) is 17.1. The van der Waals surface area contributed by atoms with Crippen LogP contribution in [-0.4, -0.2) is 34.8 Å². The molecule has 0 aliphatic heterocycles. The number of Topliss-reactive ketones (excluding diaryl/α,β-unsaturated/α-hetero) is 1. The van der Waals surface area contributed by atoms with E-state index < -0.39 is 6.36 Å². The largest absolute Gasteiger partial charge is 0.573 e. The summed E-state index contributed by atoms with van der Waals surface area (Å²) in [6, 6.07) is 11.2. The van der Waals surface area contributed by atoms with Gasteiger partial charge in [-0.2, -0.15) is 0 Å². The highest BCUT2D eigenvalue weighted by atomic mass is 19.4. The predicted octanol–water partition coefficient (Wildman–Crippen LogP) is 3.95. The quantitative estimate of drug-likeness (QED) is 0.374. The SMILES string of the molecule is Cn1c(=O)[nH]c2ccc(C(=O)CCCCNCCc3ccccc3OC(F)(F)F)cc21. The molecule has 1 aromatic heterocycles. The van der Waals surface area contributed by atoms with Crippen molar-refractivity contribution in [1.82, 2.24) is 14.9 Å². The van der Waals surface area contributed by atoms with Gasteiger partial charge in [0.05, 0.1) is 11.0 Å². The molecule has 3 aromatic rings. The van der Waals surface area contributed by atoms with E-state index in [2.05, 4.69) is 15.0 Å². The third-order valence-corrected chi connectivity index (χ3v) is 5.00. The van der Waals surface area contributed by atoms with Crippen LogP contribution in [0.15, 0.2) is 47.3 Å². The zero-order valence-electron chi connectivity index (χ0n) is 17.1. The van der Waals surface area contributed by atoms with Crippen molar-refractivity contribution >= 4 is 16.8 Å². The lowest BCUT2D eigenvalue weighted by Gasteiger charge is -2.13. The number of aromatic amines is 1. The molecule has 0 saturated heterocycles. The fourth-order valence-electron chi connectivity index (χ4n) is 3.36. The molecule has 2 aromatic carbocycles. The summed E-state index contributed by atoms with van der Waals surface area (Å²) in [5, 5.41) is 3.18. The Labute approximate surface area is 177 Å². The number of aryl methyl sites for hydroxylation is 1. The van der Waals surface area contributed by atoms with Gasteiger partial charge in [-0.25, -0.2) is 4.79 Å². The number of ketones is 1. The van der Waals surface area contributed by atoms with Crippen LogP contribution in [0.2, 0.25) is 0 Å². The summed E-state index contributed by atoms with van der Waals surface area (Å²) < 4.78 is 42.9. The summed E-state index contributed by atoms with van der Waals surface area (Å²) in [6.07, 6.45) is -2.48. The molecular formula is C22H24F3N3O3. The van der Waals surface area contributed by atoms with Gasteiger partial charge in [0.25, 0.3) is 0 Å². The molecule has 3 rings (SSSR count). The van der Waals surface area contributed by atoms with Gasteiger partial charge in [0.1, 0.15) is 5.75 Å².